The predicted octanol–water partition coefficient (Wildman–Crippen LogP) is -0.339. The van der Waals surface area contributed by atoms with Gasteiger partial charge in [0.25, 0.3) is 0 Å². The Balaban J connectivity index is 0. The summed E-state index contributed by atoms with van der Waals surface area (Å²) in [7, 11) is 0. The van der Waals surface area contributed by atoms with E-state index in [-0.39, 0.29) is 57.8 Å². The van der Waals surface area contributed by atoms with E-state index in [1.165, 1.54) is 32.1 Å². The van der Waals surface area contributed by atoms with Gasteiger partial charge >= 0.3 is 51.4 Å². The van der Waals surface area contributed by atoms with Gasteiger partial charge < -0.3 is 9.90 Å². The molecule has 0 aromatic carbocycles. The molecule has 3 heteroatoms. The summed E-state index contributed by atoms with van der Waals surface area (Å²) in [4.78, 5) is 10.4. The minimum Gasteiger partial charge on any atom is -0.550 e. The summed E-state index contributed by atoms with van der Waals surface area (Å²) in [5, 5.41) is 10.4. The first-order chi connectivity index (χ1) is 7.50. The fourth-order valence-electron chi connectivity index (χ4n) is 1.45. The van der Waals surface area contributed by atoms with Crippen LogP contribution in [0.5, 0.6) is 0 Å². The first-order valence-electron chi connectivity index (χ1n) is 6.72. The van der Waals surface area contributed by atoms with E-state index in [2.05, 4.69) is 6.92 Å². The molecular formula is C12H23KO2. The van der Waals surface area contributed by atoms with Crippen molar-refractivity contribution in [3.8, 4) is 0 Å². The SMILES string of the molecule is [2H]C([2H])(CCCCCCCCCC)C(=O)[O-].[K+]. The van der Waals surface area contributed by atoms with Gasteiger partial charge in [0.2, 0.25) is 0 Å². The largest absolute Gasteiger partial charge is 1.00 e. The summed E-state index contributed by atoms with van der Waals surface area (Å²) >= 11 is 0. The molecule has 0 aromatic heterocycles. The number of aliphatic carboxylic acids is 1. The summed E-state index contributed by atoms with van der Waals surface area (Å²) in [5.41, 5.74) is 0. The Morgan fingerprint density at radius 2 is 1.40 bits per heavy atom. The van der Waals surface area contributed by atoms with Gasteiger partial charge in [-0.3, -0.25) is 0 Å². The molecule has 0 saturated heterocycles. The normalized spacial score (nSPS) is 12.6. The molecule has 2 nitrogen and oxygen atoms in total. The Morgan fingerprint density at radius 1 is 1.00 bits per heavy atom. The number of carbonyl (C=O) groups is 1. The molecule has 0 aliphatic rings. The van der Waals surface area contributed by atoms with Crippen LogP contribution in [0.15, 0.2) is 0 Å². The zero-order valence-corrected chi connectivity index (χ0v) is 13.3. The zero-order chi connectivity index (χ0) is 12.4. The molecule has 0 spiro atoms. The Bertz CT molecular complexity index is 199. The molecule has 0 unspecified atom stereocenters. The monoisotopic (exact) mass is 240 g/mol. The third-order valence-corrected chi connectivity index (χ3v) is 2.30. The van der Waals surface area contributed by atoms with Gasteiger partial charge in [-0.2, -0.15) is 0 Å². The smallest absolute Gasteiger partial charge is 0.550 e. The maximum absolute atomic E-state index is 10.4. The van der Waals surface area contributed by atoms with Gasteiger partial charge in [-0.25, -0.2) is 0 Å². The maximum atomic E-state index is 10.4. The van der Waals surface area contributed by atoms with Crippen LogP contribution in [0.25, 0.3) is 0 Å². The molecule has 0 fully saturated rings. The van der Waals surface area contributed by atoms with Crippen molar-refractivity contribution in [3.63, 3.8) is 0 Å². The van der Waals surface area contributed by atoms with Crippen molar-refractivity contribution in [2.24, 2.45) is 0 Å². The number of hydrogen-bond donors (Lipinski definition) is 0. The molecule has 0 atom stereocenters. The summed E-state index contributed by atoms with van der Waals surface area (Å²) in [6.45, 7) is 2.18. The number of rotatable bonds is 10. The number of carboxylic acid groups (broad SMARTS) is 1. The average molecular weight is 240 g/mol. The van der Waals surface area contributed by atoms with E-state index in [1.807, 2.05) is 0 Å². The van der Waals surface area contributed by atoms with E-state index in [1.54, 1.807) is 0 Å². The van der Waals surface area contributed by atoms with Gasteiger partial charge in [0.15, 0.2) is 0 Å². The molecule has 0 aromatic rings. The fourth-order valence-corrected chi connectivity index (χ4v) is 1.45. The van der Waals surface area contributed by atoms with E-state index in [0.29, 0.717) is 6.42 Å². The Kier molecular flexibility index (Phi) is 14.3. The molecule has 0 rings (SSSR count). The summed E-state index contributed by atoms with van der Waals surface area (Å²) < 4.78 is 14.3. The molecule has 0 heterocycles. The molecule has 0 aliphatic carbocycles. The van der Waals surface area contributed by atoms with Crippen molar-refractivity contribution >= 4 is 5.97 Å². The van der Waals surface area contributed by atoms with Crippen molar-refractivity contribution in [2.75, 3.05) is 0 Å². The summed E-state index contributed by atoms with van der Waals surface area (Å²) in [5.74, 6) is -1.59. The number of carboxylic acids is 1. The predicted molar refractivity (Wildman–Crippen MR) is 56.9 cm³/mol. The van der Waals surface area contributed by atoms with Crippen LogP contribution in [0, 0.1) is 0 Å². The van der Waals surface area contributed by atoms with Crippen molar-refractivity contribution < 1.29 is 64.0 Å². The second-order valence-electron chi connectivity index (χ2n) is 3.69. The van der Waals surface area contributed by atoms with Crippen LogP contribution in [0.3, 0.4) is 0 Å². The van der Waals surface area contributed by atoms with E-state index < -0.39 is 12.3 Å². The van der Waals surface area contributed by atoms with Gasteiger partial charge in [0.1, 0.15) is 0 Å². The molecule has 0 bridgehead atoms. The van der Waals surface area contributed by atoms with Gasteiger partial charge in [-0.1, -0.05) is 58.3 Å². The third kappa shape index (κ3) is 17.7. The zero-order valence-electron chi connectivity index (χ0n) is 12.2. The Hall–Kier alpha value is 1.11. The van der Waals surface area contributed by atoms with Crippen molar-refractivity contribution in [1.82, 2.24) is 0 Å². The first kappa shape index (κ1) is 14.2. The standard InChI is InChI=1S/C12H24O2.K/c1-2-3-4-5-6-7-8-9-10-11-12(13)14;/h2-11H2,1H3,(H,13,14);/q;+1/p-1/i11D2;. The topological polar surface area (TPSA) is 40.1 Å². The van der Waals surface area contributed by atoms with Crippen LogP contribution < -0.4 is 56.5 Å². The molecule has 84 valence electrons. The second kappa shape index (κ2) is 15.1. The summed E-state index contributed by atoms with van der Waals surface area (Å²) in [6, 6.07) is 0. The third-order valence-electron chi connectivity index (χ3n) is 2.30. The van der Waals surface area contributed by atoms with Gasteiger partial charge in [-0.15, -0.1) is 0 Å². The van der Waals surface area contributed by atoms with E-state index in [9.17, 15) is 9.90 Å². The molecule has 0 amide bonds. The van der Waals surface area contributed by atoms with Crippen LogP contribution in [-0.4, -0.2) is 5.97 Å². The summed E-state index contributed by atoms with van der Waals surface area (Å²) in [6.07, 6.45) is 6.76. The minimum atomic E-state index is -2.15. The van der Waals surface area contributed by atoms with E-state index >= 15 is 0 Å². The minimum absolute atomic E-state index is 0. The van der Waals surface area contributed by atoms with Crippen LogP contribution >= 0.6 is 0 Å². The van der Waals surface area contributed by atoms with E-state index in [0.717, 1.165) is 12.8 Å². The molecule has 0 N–H and O–H groups in total. The van der Waals surface area contributed by atoms with Gasteiger partial charge in [0, 0.05) is 8.71 Å². The van der Waals surface area contributed by atoms with Crippen LogP contribution in [0.2, 0.25) is 0 Å². The number of carbonyl (C=O) groups excluding carboxylic acids is 1. The molecular weight excluding hydrogens is 215 g/mol. The van der Waals surface area contributed by atoms with Gasteiger partial charge in [-0.05, 0) is 12.8 Å². The van der Waals surface area contributed by atoms with Crippen molar-refractivity contribution in [3.05, 3.63) is 0 Å². The van der Waals surface area contributed by atoms with Gasteiger partial charge in [0.05, 0.1) is 0 Å². The number of unbranched alkanes of at least 4 members (excludes halogenated alkanes) is 7. The second-order valence-corrected chi connectivity index (χ2v) is 3.69. The molecule has 15 heavy (non-hydrogen) atoms. The fraction of sp³-hybridized carbons (Fsp3) is 0.917. The Labute approximate surface area is 139 Å². The van der Waals surface area contributed by atoms with E-state index in [4.69, 9.17) is 2.74 Å². The first-order valence-corrected chi connectivity index (χ1v) is 5.72. The maximum Gasteiger partial charge on any atom is 1.00 e. The molecule has 0 saturated carbocycles. The number of hydrogen-bond acceptors (Lipinski definition) is 2. The Morgan fingerprint density at radius 3 is 1.80 bits per heavy atom. The average Bonchev–Trinajstić information content (AvgIpc) is 2.21. The molecule has 0 aliphatic heterocycles. The van der Waals surface area contributed by atoms with Crippen molar-refractivity contribution in [2.45, 2.75) is 71.1 Å². The molecule has 0 radical (unpaired) electrons. The van der Waals surface area contributed by atoms with Crippen LogP contribution in [0.4, 0.5) is 0 Å². The van der Waals surface area contributed by atoms with Crippen LogP contribution in [0.1, 0.15) is 73.8 Å². The quantitative estimate of drug-likeness (QED) is 0.387. The van der Waals surface area contributed by atoms with Crippen molar-refractivity contribution in [1.29, 1.82) is 0 Å². The van der Waals surface area contributed by atoms with Crippen LogP contribution in [-0.2, 0) is 4.79 Å².